The number of aromatic nitrogens is 2. The first-order valence-electron chi connectivity index (χ1n) is 5.11. The minimum atomic E-state index is 0.0912. The second-order valence-electron chi connectivity index (χ2n) is 3.47. The third-order valence-electron chi connectivity index (χ3n) is 2.26. The second-order valence-corrected chi connectivity index (χ2v) is 4.65. The minimum absolute atomic E-state index is 0.0912. The Kier molecular flexibility index (Phi) is 3.48. The molecular formula is C11H14N4S. The molecule has 1 aromatic heterocycles. The lowest BCUT2D eigenvalue weighted by Gasteiger charge is -2.15. The number of hydrogen-bond acceptors (Lipinski definition) is 5. The molecule has 1 atom stereocenters. The van der Waals surface area contributed by atoms with E-state index in [0.29, 0.717) is 6.54 Å². The smallest absolute Gasteiger partial charge is 0.206 e. The van der Waals surface area contributed by atoms with Crippen LogP contribution in [0.1, 0.15) is 16.6 Å². The molecule has 0 saturated carbocycles. The predicted octanol–water partition coefficient (Wildman–Crippen LogP) is 1.96. The fourth-order valence-corrected chi connectivity index (χ4v) is 2.11. The molecule has 1 unspecified atom stereocenters. The zero-order valence-corrected chi connectivity index (χ0v) is 9.87. The van der Waals surface area contributed by atoms with Crippen LogP contribution in [0, 0.1) is 6.92 Å². The lowest BCUT2D eigenvalue weighted by atomic mass is 10.1. The molecule has 0 amide bonds. The molecule has 4 nitrogen and oxygen atoms in total. The van der Waals surface area contributed by atoms with Gasteiger partial charge in [-0.2, -0.15) is 0 Å². The molecule has 0 aliphatic rings. The number of rotatable bonds is 4. The van der Waals surface area contributed by atoms with Gasteiger partial charge in [0.05, 0.1) is 6.04 Å². The Morgan fingerprint density at radius 1 is 1.31 bits per heavy atom. The molecule has 0 radical (unpaired) electrons. The lowest BCUT2D eigenvalue weighted by molar-refractivity contribution is 0.785. The van der Waals surface area contributed by atoms with Crippen molar-refractivity contribution in [3.63, 3.8) is 0 Å². The first-order chi connectivity index (χ1) is 7.79. The van der Waals surface area contributed by atoms with E-state index in [2.05, 4.69) is 27.6 Å². The lowest BCUT2D eigenvalue weighted by Crippen LogP contribution is -2.20. The van der Waals surface area contributed by atoms with Crippen molar-refractivity contribution in [2.24, 2.45) is 5.73 Å². The van der Waals surface area contributed by atoms with Gasteiger partial charge in [0.2, 0.25) is 5.13 Å². The van der Waals surface area contributed by atoms with E-state index in [9.17, 15) is 0 Å². The summed E-state index contributed by atoms with van der Waals surface area (Å²) in [6, 6.07) is 10.2. The summed E-state index contributed by atoms with van der Waals surface area (Å²) in [5.41, 5.74) is 6.92. The average molecular weight is 234 g/mol. The highest BCUT2D eigenvalue weighted by Gasteiger charge is 2.10. The summed E-state index contributed by atoms with van der Waals surface area (Å²) in [4.78, 5) is 0. The van der Waals surface area contributed by atoms with E-state index < -0.39 is 0 Å². The summed E-state index contributed by atoms with van der Waals surface area (Å²) in [6.45, 7) is 2.46. The number of benzene rings is 1. The van der Waals surface area contributed by atoms with Crippen LogP contribution in [0.3, 0.4) is 0 Å². The molecule has 5 heteroatoms. The topological polar surface area (TPSA) is 63.8 Å². The van der Waals surface area contributed by atoms with Crippen LogP contribution >= 0.6 is 11.3 Å². The van der Waals surface area contributed by atoms with Crippen molar-refractivity contribution >= 4 is 16.5 Å². The van der Waals surface area contributed by atoms with Crippen molar-refractivity contribution < 1.29 is 0 Å². The van der Waals surface area contributed by atoms with Crippen molar-refractivity contribution in [3.8, 4) is 0 Å². The van der Waals surface area contributed by atoms with Crippen molar-refractivity contribution in [2.45, 2.75) is 13.0 Å². The molecule has 0 spiro atoms. The number of anilines is 1. The fourth-order valence-electron chi connectivity index (χ4n) is 1.47. The zero-order valence-electron chi connectivity index (χ0n) is 9.05. The molecule has 84 valence electrons. The van der Waals surface area contributed by atoms with Crippen LogP contribution in [-0.2, 0) is 0 Å². The first-order valence-corrected chi connectivity index (χ1v) is 5.93. The summed E-state index contributed by atoms with van der Waals surface area (Å²) in [7, 11) is 0. The van der Waals surface area contributed by atoms with Gasteiger partial charge in [-0.25, -0.2) is 0 Å². The largest absolute Gasteiger partial charge is 0.352 e. The predicted molar refractivity (Wildman–Crippen MR) is 66.5 cm³/mol. The molecule has 0 aliphatic carbocycles. The maximum Gasteiger partial charge on any atom is 0.206 e. The van der Waals surface area contributed by atoms with Crippen LogP contribution in [0.25, 0.3) is 0 Å². The van der Waals surface area contributed by atoms with Gasteiger partial charge < -0.3 is 11.1 Å². The molecule has 0 aliphatic heterocycles. The van der Waals surface area contributed by atoms with Crippen molar-refractivity contribution in [2.75, 3.05) is 11.9 Å². The Labute approximate surface area is 98.5 Å². The molecular weight excluding hydrogens is 220 g/mol. The van der Waals surface area contributed by atoms with E-state index in [1.165, 1.54) is 11.3 Å². The molecule has 0 saturated heterocycles. The number of hydrogen-bond donors (Lipinski definition) is 2. The molecule has 1 aromatic carbocycles. The van der Waals surface area contributed by atoms with Gasteiger partial charge in [0, 0.05) is 6.54 Å². The van der Waals surface area contributed by atoms with Gasteiger partial charge in [0.1, 0.15) is 5.01 Å². The van der Waals surface area contributed by atoms with Gasteiger partial charge in [-0.1, -0.05) is 41.7 Å². The summed E-state index contributed by atoms with van der Waals surface area (Å²) in [5.74, 6) is 0. The van der Waals surface area contributed by atoms with Crippen LogP contribution in [0.5, 0.6) is 0 Å². The summed E-state index contributed by atoms with van der Waals surface area (Å²) >= 11 is 1.54. The van der Waals surface area contributed by atoms with Crippen LogP contribution in [0.15, 0.2) is 30.3 Å². The maximum atomic E-state index is 5.75. The molecule has 0 bridgehead atoms. The Balaban J connectivity index is 2.12. The molecule has 1 heterocycles. The van der Waals surface area contributed by atoms with Crippen LogP contribution < -0.4 is 11.1 Å². The Bertz CT molecular complexity index is 440. The van der Waals surface area contributed by atoms with Crippen molar-refractivity contribution in [1.29, 1.82) is 0 Å². The summed E-state index contributed by atoms with van der Waals surface area (Å²) < 4.78 is 0. The SMILES string of the molecule is Cc1nnc(NC(CN)c2ccccc2)s1. The van der Waals surface area contributed by atoms with Gasteiger partial charge in [0.15, 0.2) is 0 Å². The van der Waals surface area contributed by atoms with Crippen molar-refractivity contribution in [1.82, 2.24) is 10.2 Å². The zero-order chi connectivity index (χ0) is 11.4. The number of nitrogens with one attached hydrogen (secondary N) is 1. The number of aryl methyl sites for hydroxylation is 1. The van der Waals surface area contributed by atoms with E-state index in [0.717, 1.165) is 15.7 Å². The summed E-state index contributed by atoms with van der Waals surface area (Å²) in [5, 5.41) is 13.0. The monoisotopic (exact) mass is 234 g/mol. The van der Waals surface area contributed by atoms with Crippen molar-refractivity contribution in [3.05, 3.63) is 40.9 Å². The van der Waals surface area contributed by atoms with Gasteiger partial charge >= 0.3 is 0 Å². The van der Waals surface area contributed by atoms with E-state index in [-0.39, 0.29) is 6.04 Å². The molecule has 3 N–H and O–H groups in total. The minimum Gasteiger partial charge on any atom is -0.352 e. The molecule has 2 aromatic rings. The highest BCUT2D eigenvalue weighted by atomic mass is 32.1. The standard InChI is InChI=1S/C11H14N4S/c1-8-14-15-11(16-8)13-10(7-12)9-5-3-2-4-6-9/h2-6,10H,7,12H2,1H3,(H,13,15). The Morgan fingerprint density at radius 2 is 2.06 bits per heavy atom. The second kappa shape index (κ2) is 5.05. The third kappa shape index (κ3) is 2.56. The number of nitrogens with zero attached hydrogens (tertiary/aromatic N) is 2. The van der Waals surface area contributed by atoms with Gasteiger partial charge in [0.25, 0.3) is 0 Å². The van der Waals surface area contributed by atoms with E-state index in [1.807, 2.05) is 25.1 Å². The van der Waals surface area contributed by atoms with Gasteiger partial charge in [-0.3, -0.25) is 0 Å². The Hall–Kier alpha value is -1.46. The maximum absolute atomic E-state index is 5.75. The molecule has 0 fully saturated rings. The molecule has 16 heavy (non-hydrogen) atoms. The van der Waals surface area contributed by atoms with Gasteiger partial charge in [-0.15, -0.1) is 10.2 Å². The number of nitrogens with two attached hydrogens (primary N) is 1. The summed E-state index contributed by atoms with van der Waals surface area (Å²) in [6.07, 6.45) is 0. The molecule has 2 rings (SSSR count). The highest BCUT2D eigenvalue weighted by Crippen LogP contribution is 2.21. The van der Waals surface area contributed by atoms with Crippen LogP contribution in [0.4, 0.5) is 5.13 Å². The normalized spacial score (nSPS) is 12.4. The van der Waals surface area contributed by atoms with E-state index in [4.69, 9.17) is 5.73 Å². The third-order valence-corrected chi connectivity index (χ3v) is 3.03. The quantitative estimate of drug-likeness (QED) is 0.848. The average Bonchev–Trinajstić information content (AvgIpc) is 2.73. The van der Waals surface area contributed by atoms with Crippen LogP contribution in [-0.4, -0.2) is 16.7 Å². The van der Waals surface area contributed by atoms with Crippen LogP contribution in [0.2, 0.25) is 0 Å². The highest BCUT2D eigenvalue weighted by molar-refractivity contribution is 7.15. The first kappa shape index (κ1) is 11.0. The van der Waals surface area contributed by atoms with E-state index >= 15 is 0 Å². The Morgan fingerprint density at radius 3 is 2.62 bits per heavy atom. The van der Waals surface area contributed by atoms with Gasteiger partial charge in [-0.05, 0) is 12.5 Å². The van der Waals surface area contributed by atoms with E-state index in [1.54, 1.807) is 0 Å². The fraction of sp³-hybridized carbons (Fsp3) is 0.273.